The maximum atomic E-state index is 9.85. The molecule has 6 heteroatoms. The van der Waals surface area contributed by atoms with Crippen molar-refractivity contribution < 1.29 is 36.9 Å². The smallest absolute Gasteiger partial charge is 0.321 e. The van der Waals surface area contributed by atoms with Gasteiger partial charge in [-0.25, -0.2) is 0 Å². The summed E-state index contributed by atoms with van der Waals surface area (Å²) in [5.74, 6) is -2.50. The van der Waals surface area contributed by atoms with Gasteiger partial charge < -0.3 is 15.9 Å². The van der Waals surface area contributed by atoms with E-state index in [2.05, 4.69) is 0 Å². The van der Waals surface area contributed by atoms with Gasteiger partial charge in [-0.15, -0.1) is 0 Å². The van der Waals surface area contributed by atoms with Crippen molar-refractivity contribution in [2.45, 2.75) is 12.5 Å². The second kappa shape index (κ2) is 5.22. The Hall–Kier alpha value is -0.581. The van der Waals surface area contributed by atoms with Crippen LogP contribution in [0.4, 0.5) is 0 Å². The summed E-state index contributed by atoms with van der Waals surface area (Å²) in [4.78, 5) is 19.6. The molecule has 0 saturated carbocycles. The van der Waals surface area contributed by atoms with Crippen LogP contribution in [0.1, 0.15) is 6.42 Å². The van der Waals surface area contributed by atoms with Crippen molar-refractivity contribution in [2.75, 3.05) is 0 Å². The minimum Gasteiger partial charge on any atom is -0.481 e. The molecular formula is C4H7FeNO4. The van der Waals surface area contributed by atoms with E-state index in [0.717, 1.165) is 0 Å². The molecule has 0 spiro atoms. The summed E-state index contributed by atoms with van der Waals surface area (Å²) in [6.07, 6.45) is -0.532. The van der Waals surface area contributed by atoms with E-state index in [1.807, 2.05) is 0 Å². The average Bonchev–Trinajstić information content (AvgIpc) is 1.63. The molecule has 10 heavy (non-hydrogen) atoms. The molecule has 0 aromatic heterocycles. The Morgan fingerprint density at radius 3 is 1.90 bits per heavy atom. The Kier molecular flexibility index (Phi) is 6.34. The van der Waals surface area contributed by atoms with Crippen LogP contribution in [0.3, 0.4) is 0 Å². The van der Waals surface area contributed by atoms with E-state index in [9.17, 15) is 9.59 Å². The van der Waals surface area contributed by atoms with E-state index in [-0.39, 0.29) is 17.1 Å². The van der Waals surface area contributed by atoms with Crippen molar-refractivity contribution in [3.8, 4) is 0 Å². The topological polar surface area (TPSA) is 101 Å². The molecule has 0 aliphatic rings. The predicted molar refractivity (Wildman–Crippen MR) is 27.9 cm³/mol. The minimum absolute atomic E-state index is 0. The van der Waals surface area contributed by atoms with Gasteiger partial charge in [0.2, 0.25) is 0 Å². The van der Waals surface area contributed by atoms with Crippen molar-refractivity contribution in [3.05, 3.63) is 0 Å². The Bertz CT molecular complexity index is 137. The molecule has 0 aliphatic heterocycles. The number of hydrogen-bond donors (Lipinski definition) is 3. The minimum atomic E-state index is -1.29. The number of nitrogens with two attached hydrogens (primary N) is 1. The van der Waals surface area contributed by atoms with Crippen molar-refractivity contribution >= 4 is 11.9 Å². The van der Waals surface area contributed by atoms with Crippen molar-refractivity contribution in [3.63, 3.8) is 0 Å². The maximum absolute atomic E-state index is 9.85. The SMILES string of the molecule is NC(CC(=O)O)C(=O)O.[Fe]. The van der Waals surface area contributed by atoms with E-state index in [1.165, 1.54) is 0 Å². The Morgan fingerprint density at radius 2 is 1.80 bits per heavy atom. The normalized spacial score (nSPS) is 11.3. The van der Waals surface area contributed by atoms with Crippen LogP contribution < -0.4 is 5.73 Å². The van der Waals surface area contributed by atoms with Gasteiger partial charge in [-0.2, -0.15) is 0 Å². The zero-order chi connectivity index (χ0) is 7.44. The van der Waals surface area contributed by atoms with Gasteiger partial charge in [0.25, 0.3) is 0 Å². The standard InChI is InChI=1S/C4H7NO4.Fe/c5-2(4(8)9)1-3(6)7;/h2H,1,5H2,(H,6,7)(H,8,9);. The average molecular weight is 189 g/mol. The first-order valence-electron chi connectivity index (χ1n) is 2.24. The van der Waals surface area contributed by atoms with Gasteiger partial charge in [-0.05, 0) is 0 Å². The van der Waals surface area contributed by atoms with Crippen molar-refractivity contribution in [1.82, 2.24) is 0 Å². The van der Waals surface area contributed by atoms with Crippen LogP contribution in [0.25, 0.3) is 0 Å². The van der Waals surface area contributed by atoms with Gasteiger partial charge in [0.1, 0.15) is 6.04 Å². The van der Waals surface area contributed by atoms with Crippen molar-refractivity contribution in [1.29, 1.82) is 0 Å². The van der Waals surface area contributed by atoms with E-state index < -0.39 is 24.4 Å². The first-order chi connectivity index (χ1) is 4.04. The van der Waals surface area contributed by atoms with Gasteiger partial charge in [0, 0.05) is 17.1 Å². The fourth-order valence-corrected chi connectivity index (χ4v) is 0.275. The van der Waals surface area contributed by atoms with Crippen LogP contribution in [0.5, 0.6) is 0 Å². The second-order valence-electron chi connectivity index (χ2n) is 1.54. The predicted octanol–water partition coefficient (Wildman–Crippen LogP) is -1.13. The molecule has 0 bridgehead atoms. The van der Waals surface area contributed by atoms with E-state index in [4.69, 9.17) is 15.9 Å². The molecule has 60 valence electrons. The summed E-state index contributed by atoms with van der Waals surface area (Å²) in [5.41, 5.74) is 4.84. The molecule has 1 unspecified atom stereocenters. The fraction of sp³-hybridized carbons (Fsp3) is 0.500. The number of hydrogen-bond acceptors (Lipinski definition) is 3. The fourth-order valence-electron chi connectivity index (χ4n) is 0.275. The molecule has 0 amide bonds. The molecule has 0 radical (unpaired) electrons. The van der Waals surface area contributed by atoms with Gasteiger partial charge in [-0.1, -0.05) is 0 Å². The van der Waals surface area contributed by atoms with Gasteiger partial charge in [-0.3, -0.25) is 9.59 Å². The summed E-state index contributed by atoms with van der Waals surface area (Å²) in [6, 6.07) is -1.29. The first kappa shape index (κ1) is 12.1. The van der Waals surface area contributed by atoms with Crippen LogP contribution in [0, 0.1) is 0 Å². The Labute approximate surface area is 67.7 Å². The number of rotatable bonds is 3. The zero-order valence-corrected chi connectivity index (χ0v) is 6.03. The molecule has 0 aliphatic carbocycles. The van der Waals surface area contributed by atoms with Crippen LogP contribution in [0.2, 0.25) is 0 Å². The van der Waals surface area contributed by atoms with E-state index >= 15 is 0 Å². The zero-order valence-electron chi connectivity index (χ0n) is 4.93. The molecule has 0 rings (SSSR count). The van der Waals surface area contributed by atoms with Crippen LogP contribution >= 0.6 is 0 Å². The first-order valence-corrected chi connectivity index (χ1v) is 2.24. The third-order valence-corrected chi connectivity index (χ3v) is 0.712. The molecule has 5 nitrogen and oxygen atoms in total. The van der Waals surface area contributed by atoms with E-state index in [0.29, 0.717) is 0 Å². The monoisotopic (exact) mass is 189 g/mol. The second-order valence-corrected chi connectivity index (χ2v) is 1.54. The summed E-state index contributed by atoms with van der Waals surface area (Å²) in [5, 5.41) is 16.0. The summed E-state index contributed by atoms with van der Waals surface area (Å²) >= 11 is 0. The summed E-state index contributed by atoms with van der Waals surface area (Å²) < 4.78 is 0. The van der Waals surface area contributed by atoms with Crippen LogP contribution in [0.15, 0.2) is 0 Å². The van der Waals surface area contributed by atoms with Crippen molar-refractivity contribution in [2.24, 2.45) is 5.73 Å². The van der Waals surface area contributed by atoms with Gasteiger partial charge in [0.05, 0.1) is 6.42 Å². The molecule has 0 fully saturated rings. The van der Waals surface area contributed by atoms with Crippen LogP contribution in [-0.4, -0.2) is 28.2 Å². The van der Waals surface area contributed by atoms with E-state index in [1.54, 1.807) is 0 Å². The maximum Gasteiger partial charge on any atom is 0.321 e. The third-order valence-electron chi connectivity index (χ3n) is 0.712. The molecule has 4 N–H and O–H groups in total. The van der Waals surface area contributed by atoms with Gasteiger partial charge >= 0.3 is 11.9 Å². The summed E-state index contributed by atoms with van der Waals surface area (Å²) in [7, 11) is 0. The molecule has 0 heterocycles. The van der Waals surface area contributed by atoms with Gasteiger partial charge in [0.15, 0.2) is 0 Å². The molecule has 0 aromatic rings. The quantitative estimate of drug-likeness (QED) is 0.487. The summed E-state index contributed by atoms with van der Waals surface area (Å²) in [6.45, 7) is 0. The largest absolute Gasteiger partial charge is 0.481 e. The number of aliphatic carboxylic acids is 2. The molecule has 1 atom stereocenters. The Balaban J connectivity index is 0. The Morgan fingerprint density at radius 1 is 1.40 bits per heavy atom. The number of carboxylic acids is 2. The molecule has 0 aromatic carbocycles. The third kappa shape index (κ3) is 5.55. The molecule has 0 saturated heterocycles. The van der Waals surface area contributed by atoms with Crippen LogP contribution in [-0.2, 0) is 26.7 Å². The molecular weight excluding hydrogens is 182 g/mol. The number of carboxylic acid groups (broad SMARTS) is 2. The number of carbonyl (C=O) groups is 2.